The fourth-order valence-electron chi connectivity index (χ4n) is 5.95. The molecule has 1 aliphatic heterocycles. The molecule has 4 atom stereocenters. The molecule has 0 bridgehead atoms. The van der Waals surface area contributed by atoms with Crippen LogP contribution in [0.25, 0.3) is 0 Å². The van der Waals surface area contributed by atoms with Gasteiger partial charge in [-0.2, -0.15) is 0 Å². The lowest BCUT2D eigenvalue weighted by Crippen LogP contribution is -2.58. The summed E-state index contributed by atoms with van der Waals surface area (Å²) >= 11 is 0. The number of amidine groups is 1. The molecule has 2 aromatic rings. The van der Waals surface area contributed by atoms with E-state index < -0.39 is 41.9 Å². The summed E-state index contributed by atoms with van der Waals surface area (Å²) in [5, 5.41) is 8.70. The van der Waals surface area contributed by atoms with E-state index in [2.05, 4.69) is 25.8 Å². The first-order chi connectivity index (χ1) is 23.5. The smallest absolute Gasteiger partial charge is 0.245 e. The molecule has 3 rings (SSSR count). The molecule has 0 radical (unpaired) electrons. The fraction of sp³-hybridized carbons (Fsp3) is 0.541. The van der Waals surface area contributed by atoms with Crippen LogP contribution in [0.3, 0.4) is 0 Å². The highest BCUT2D eigenvalue weighted by molar-refractivity contribution is 5.95. The Kier molecular flexibility index (Phi) is 16.2. The largest absolute Gasteiger partial charge is 0.359 e. The van der Waals surface area contributed by atoms with Crippen LogP contribution < -0.4 is 27.4 Å². The van der Waals surface area contributed by atoms with Gasteiger partial charge in [-0.3, -0.25) is 24.2 Å². The number of nitrogens with zero attached hydrogens (tertiary/aromatic N) is 3. The number of hydrogen-bond donors (Lipinski definition) is 5. The maximum absolute atomic E-state index is 13.9. The van der Waals surface area contributed by atoms with Gasteiger partial charge in [0.25, 0.3) is 0 Å². The molecule has 49 heavy (non-hydrogen) atoms. The third-order valence-corrected chi connectivity index (χ3v) is 8.79. The Hall–Kier alpha value is -4.29. The van der Waals surface area contributed by atoms with Crippen LogP contribution in [-0.2, 0) is 32.0 Å². The van der Waals surface area contributed by atoms with Crippen LogP contribution >= 0.6 is 0 Å². The standard InChI is InChI=1S/C37H56N8O4/c1-26(2)23-32(35(47)41-31(17-11-18-38)37(49)45-20-12-19-44(21-22-45)27(3)40-4)43-36(48)33(25-29-15-9-6-10-16-29)42-34(46)30(39)24-28-13-7-5-8-14-28/h5-10,13-16,26,30-33H,11-12,17-25,38-39H2,1-4H3,(H,41,47)(H,42,46)(H,43,48)/b40-27-/t30-,31-,32-,33-/m1/s1. The van der Waals surface area contributed by atoms with Crippen molar-refractivity contribution in [3.05, 3.63) is 71.8 Å². The van der Waals surface area contributed by atoms with Crippen molar-refractivity contribution in [2.75, 3.05) is 39.8 Å². The molecule has 7 N–H and O–H groups in total. The van der Waals surface area contributed by atoms with Gasteiger partial charge in [-0.05, 0) is 62.6 Å². The Bertz CT molecular complexity index is 1370. The lowest BCUT2D eigenvalue weighted by molar-refractivity contribution is -0.138. The molecule has 0 aromatic heterocycles. The van der Waals surface area contributed by atoms with Crippen molar-refractivity contribution in [3.8, 4) is 0 Å². The number of carbonyl (C=O) groups is 4. The van der Waals surface area contributed by atoms with Crippen LogP contribution in [0, 0.1) is 5.92 Å². The first kappa shape index (κ1) is 39.2. The first-order valence-electron chi connectivity index (χ1n) is 17.4. The average molecular weight is 677 g/mol. The number of amides is 4. The molecule has 0 unspecified atom stereocenters. The van der Waals surface area contributed by atoms with E-state index in [1.54, 1.807) is 11.9 Å². The first-order valence-corrected chi connectivity index (χ1v) is 17.4. The van der Waals surface area contributed by atoms with E-state index in [4.69, 9.17) is 11.5 Å². The molecule has 1 saturated heterocycles. The quantitative estimate of drug-likeness (QED) is 0.133. The monoisotopic (exact) mass is 676 g/mol. The zero-order chi connectivity index (χ0) is 35.8. The normalized spacial score (nSPS) is 16.3. The van der Waals surface area contributed by atoms with Gasteiger partial charge in [-0.1, -0.05) is 74.5 Å². The summed E-state index contributed by atoms with van der Waals surface area (Å²) in [6.45, 7) is 8.79. The Labute approximate surface area is 291 Å². The van der Waals surface area contributed by atoms with Gasteiger partial charge in [0.2, 0.25) is 23.6 Å². The van der Waals surface area contributed by atoms with Gasteiger partial charge in [-0.15, -0.1) is 0 Å². The number of carbonyl (C=O) groups excluding carboxylic acids is 4. The minimum Gasteiger partial charge on any atom is -0.359 e. The summed E-state index contributed by atoms with van der Waals surface area (Å²) in [4.78, 5) is 63.1. The molecule has 0 saturated carbocycles. The van der Waals surface area contributed by atoms with Crippen LogP contribution in [0.4, 0.5) is 0 Å². The molecule has 1 aliphatic rings. The number of benzene rings is 2. The summed E-state index contributed by atoms with van der Waals surface area (Å²) in [5.74, 6) is -0.603. The molecular formula is C37H56N8O4. The minimum absolute atomic E-state index is 0.0516. The number of nitrogens with two attached hydrogens (primary N) is 2. The van der Waals surface area contributed by atoms with Gasteiger partial charge in [0, 0.05) is 39.6 Å². The van der Waals surface area contributed by atoms with Crippen molar-refractivity contribution in [1.82, 2.24) is 25.8 Å². The number of rotatable bonds is 16. The maximum atomic E-state index is 13.9. The lowest BCUT2D eigenvalue weighted by Gasteiger charge is -2.29. The van der Waals surface area contributed by atoms with Crippen LogP contribution in [0.2, 0.25) is 0 Å². The molecule has 1 heterocycles. The van der Waals surface area contributed by atoms with E-state index in [-0.39, 0.29) is 18.2 Å². The second kappa shape index (κ2) is 20.3. The van der Waals surface area contributed by atoms with E-state index >= 15 is 0 Å². The second-order valence-corrected chi connectivity index (χ2v) is 13.2. The third-order valence-electron chi connectivity index (χ3n) is 8.79. The van der Waals surface area contributed by atoms with Gasteiger partial charge in [0.1, 0.15) is 18.1 Å². The maximum Gasteiger partial charge on any atom is 0.245 e. The molecule has 268 valence electrons. The predicted octanol–water partition coefficient (Wildman–Crippen LogP) is 1.62. The number of hydrogen-bond acceptors (Lipinski definition) is 7. The number of aliphatic imine (C=N–C) groups is 1. The summed E-state index contributed by atoms with van der Waals surface area (Å²) in [7, 11) is 1.76. The SMILES string of the molecule is C/N=C(/C)N1CCCN(C(=O)[C@@H](CCCN)NC(=O)[C@@H](CC(C)C)NC(=O)[C@@H](Cc2ccccc2)NC(=O)[C@H](N)Cc2ccccc2)CC1. The molecule has 4 amide bonds. The molecule has 0 spiro atoms. The Morgan fingerprint density at radius 1 is 0.755 bits per heavy atom. The second-order valence-electron chi connectivity index (χ2n) is 13.2. The van der Waals surface area contributed by atoms with Gasteiger partial charge < -0.3 is 37.2 Å². The summed E-state index contributed by atoms with van der Waals surface area (Å²) in [6.07, 6.45) is 2.57. The van der Waals surface area contributed by atoms with E-state index in [9.17, 15) is 19.2 Å². The van der Waals surface area contributed by atoms with E-state index in [1.165, 1.54) is 0 Å². The molecular weight excluding hydrogens is 620 g/mol. The summed E-state index contributed by atoms with van der Waals surface area (Å²) < 4.78 is 0. The van der Waals surface area contributed by atoms with Gasteiger partial charge >= 0.3 is 0 Å². The van der Waals surface area contributed by atoms with Crippen molar-refractivity contribution in [2.24, 2.45) is 22.4 Å². The lowest BCUT2D eigenvalue weighted by atomic mass is 9.99. The van der Waals surface area contributed by atoms with Crippen molar-refractivity contribution in [3.63, 3.8) is 0 Å². The van der Waals surface area contributed by atoms with E-state index in [0.717, 1.165) is 29.9 Å². The van der Waals surface area contributed by atoms with Crippen molar-refractivity contribution < 1.29 is 19.2 Å². The highest BCUT2D eigenvalue weighted by Gasteiger charge is 2.33. The van der Waals surface area contributed by atoms with E-state index in [0.29, 0.717) is 51.9 Å². The van der Waals surface area contributed by atoms with Gasteiger partial charge in [0.15, 0.2) is 0 Å². The molecule has 1 fully saturated rings. The van der Waals surface area contributed by atoms with Gasteiger partial charge in [0.05, 0.1) is 11.9 Å². The topological polar surface area (TPSA) is 175 Å². The average Bonchev–Trinajstić information content (AvgIpc) is 3.36. The van der Waals surface area contributed by atoms with Gasteiger partial charge in [-0.25, -0.2) is 0 Å². The highest BCUT2D eigenvalue weighted by Crippen LogP contribution is 2.12. The van der Waals surface area contributed by atoms with Crippen molar-refractivity contribution in [2.45, 2.75) is 83.5 Å². The third kappa shape index (κ3) is 12.9. The summed E-state index contributed by atoms with van der Waals surface area (Å²) in [6, 6.07) is 15.2. The van der Waals surface area contributed by atoms with Crippen molar-refractivity contribution >= 4 is 29.5 Å². The molecule has 12 heteroatoms. The predicted molar refractivity (Wildman–Crippen MR) is 194 cm³/mol. The molecule has 2 aromatic carbocycles. The zero-order valence-electron chi connectivity index (χ0n) is 29.6. The summed E-state index contributed by atoms with van der Waals surface area (Å²) in [5.41, 5.74) is 13.8. The van der Waals surface area contributed by atoms with Crippen LogP contribution in [-0.4, -0.2) is 103 Å². The van der Waals surface area contributed by atoms with E-state index in [1.807, 2.05) is 81.4 Å². The van der Waals surface area contributed by atoms with Crippen LogP contribution in [0.1, 0.15) is 57.6 Å². The van der Waals surface area contributed by atoms with Crippen LogP contribution in [0.5, 0.6) is 0 Å². The van der Waals surface area contributed by atoms with Crippen molar-refractivity contribution in [1.29, 1.82) is 0 Å². The number of nitrogens with one attached hydrogen (secondary N) is 3. The Balaban J connectivity index is 1.76. The molecule has 0 aliphatic carbocycles. The Morgan fingerprint density at radius 3 is 1.88 bits per heavy atom. The minimum atomic E-state index is -0.982. The fourth-order valence-corrected chi connectivity index (χ4v) is 5.95. The van der Waals surface area contributed by atoms with Crippen LogP contribution in [0.15, 0.2) is 65.7 Å². The Morgan fingerprint density at radius 2 is 1.29 bits per heavy atom. The molecule has 12 nitrogen and oxygen atoms in total. The zero-order valence-corrected chi connectivity index (χ0v) is 29.6. The highest BCUT2D eigenvalue weighted by atomic mass is 16.2.